The second kappa shape index (κ2) is 8.39. The van der Waals surface area contributed by atoms with Gasteiger partial charge in [-0.1, -0.05) is 30.3 Å². The molecule has 2 N–H and O–H groups in total. The van der Waals surface area contributed by atoms with E-state index in [2.05, 4.69) is 0 Å². The first-order valence-corrected chi connectivity index (χ1v) is 6.75. The summed E-state index contributed by atoms with van der Waals surface area (Å²) in [6, 6.07) is 8.33. The molecule has 116 valence electrons. The van der Waals surface area contributed by atoms with E-state index in [9.17, 15) is 9.59 Å². The van der Waals surface area contributed by atoms with E-state index in [1.807, 2.05) is 18.2 Å². The van der Waals surface area contributed by atoms with Gasteiger partial charge in [-0.3, -0.25) is 9.59 Å². The fraction of sp³-hybridized carbons (Fsp3) is 0.467. The zero-order valence-electron chi connectivity index (χ0n) is 12.8. The normalized spacial score (nSPS) is 11.8. The maximum atomic E-state index is 12.5. The molecule has 0 saturated carbocycles. The summed E-state index contributed by atoms with van der Waals surface area (Å²) < 4.78 is 4.99. The number of hydrogen-bond donors (Lipinski definition) is 1. The Labute approximate surface area is 125 Å². The van der Waals surface area contributed by atoms with Crippen molar-refractivity contribution in [3.8, 4) is 0 Å². The summed E-state index contributed by atoms with van der Waals surface area (Å²) in [5.41, 5.74) is 6.73. The molecule has 1 rings (SSSR count). The van der Waals surface area contributed by atoms with Crippen LogP contribution in [0.5, 0.6) is 0 Å². The van der Waals surface area contributed by atoms with E-state index < -0.39 is 6.04 Å². The lowest BCUT2D eigenvalue weighted by atomic mass is 10.1. The monoisotopic (exact) mass is 293 g/mol. The van der Waals surface area contributed by atoms with Crippen molar-refractivity contribution in [3.05, 3.63) is 35.9 Å². The highest BCUT2D eigenvalue weighted by molar-refractivity contribution is 5.88. The van der Waals surface area contributed by atoms with Crippen LogP contribution < -0.4 is 5.73 Å². The number of carbonyl (C=O) groups excluding carboxylic acids is 2. The molecule has 0 aliphatic rings. The highest BCUT2D eigenvalue weighted by Gasteiger charge is 2.24. The van der Waals surface area contributed by atoms with Crippen LogP contribution in [-0.4, -0.2) is 62.5 Å². The molecule has 0 bridgehead atoms. The highest BCUT2D eigenvalue weighted by atomic mass is 16.5. The average molecular weight is 293 g/mol. The van der Waals surface area contributed by atoms with E-state index in [0.717, 1.165) is 5.56 Å². The van der Waals surface area contributed by atoms with E-state index >= 15 is 0 Å². The lowest BCUT2D eigenvalue weighted by molar-refractivity contribution is -0.140. The Hall–Kier alpha value is -1.92. The van der Waals surface area contributed by atoms with E-state index in [0.29, 0.717) is 13.2 Å². The maximum Gasteiger partial charge on any atom is 0.244 e. The Balaban J connectivity index is 2.81. The van der Waals surface area contributed by atoms with Gasteiger partial charge in [0.05, 0.1) is 13.2 Å². The maximum absolute atomic E-state index is 12.5. The third-order valence-electron chi connectivity index (χ3n) is 3.13. The molecule has 0 heterocycles. The quantitative estimate of drug-likeness (QED) is 0.782. The van der Waals surface area contributed by atoms with Crippen molar-refractivity contribution in [3.63, 3.8) is 0 Å². The van der Waals surface area contributed by atoms with Crippen molar-refractivity contribution in [1.29, 1.82) is 0 Å². The first kappa shape index (κ1) is 17.1. The number of nitrogens with two attached hydrogens (primary N) is 1. The van der Waals surface area contributed by atoms with Crippen molar-refractivity contribution >= 4 is 11.8 Å². The summed E-state index contributed by atoms with van der Waals surface area (Å²) in [7, 11) is 4.85. The predicted octanol–water partition coefficient (Wildman–Crippen LogP) is 0.250. The summed E-state index contributed by atoms with van der Waals surface area (Å²) >= 11 is 0. The number of nitrogens with zero attached hydrogens (tertiary/aromatic N) is 2. The number of ether oxygens (including phenoxy) is 1. The third kappa shape index (κ3) is 5.17. The molecule has 6 nitrogen and oxygen atoms in total. The average Bonchev–Trinajstić information content (AvgIpc) is 2.50. The van der Waals surface area contributed by atoms with Crippen molar-refractivity contribution < 1.29 is 14.3 Å². The van der Waals surface area contributed by atoms with E-state index in [-0.39, 0.29) is 18.4 Å². The summed E-state index contributed by atoms with van der Waals surface area (Å²) in [6.45, 7) is 0.680. The fourth-order valence-corrected chi connectivity index (χ4v) is 1.77. The van der Waals surface area contributed by atoms with Crippen molar-refractivity contribution in [2.24, 2.45) is 5.73 Å². The minimum Gasteiger partial charge on any atom is -0.383 e. The van der Waals surface area contributed by atoms with E-state index in [1.165, 1.54) is 9.80 Å². The molecule has 21 heavy (non-hydrogen) atoms. The molecule has 0 radical (unpaired) electrons. The molecule has 6 heteroatoms. The molecule has 0 fully saturated rings. The zero-order valence-corrected chi connectivity index (χ0v) is 12.8. The summed E-state index contributed by atoms with van der Waals surface area (Å²) in [4.78, 5) is 27.2. The van der Waals surface area contributed by atoms with Gasteiger partial charge in [-0.2, -0.15) is 0 Å². The molecule has 2 amide bonds. The number of likely N-dealkylation sites (N-methyl/N-ethyl adjacent to an activating group) is 1. The van der Waals surface area contributed by atoms with Crippen molar-refractivity contribution in [1.82, 2.24) is 9.80 Å². The van der Waals surface area contributed by atoms with Crippen LogP contribution in [0, 0.1) is 0 Å². The number of hydrogen-bond acceptors (Lipinski definition) is 4. The molecule has 1 aromatic rings. The molecule has 0 spiro atoms. The van der Waals surface area contributed by atoms with Crippen LogP contribution in [0.15, 0.2) is 30.3 Å². The Morgan fingerprint density at radius 1 is 1.24 bits per heavy atom. The lowest BCUT2D eigenvalue weighted by Crippen LogP contribution is -2.45. The molecule has 1 atom stereocenters. The Morgan fingerprint density at radius 3 is 2.38 bits per heavy atom. The Kier molecular flexibility index (Phi) is 6.84. The molecule has 0 saturated heterocycles. The third-order valence-corrected chi connectivity index (χ3v) is 3.13. The highest BCUT2D eigenvalue weighted by Crippen LogP contribution is 2.13. The van der Waals surface area contributed by atoms with Crippen LogP contribution in [-0.2, 0) is 14.3 Å². The van der Waals surface area contributed by atoms with Gasteiger partial charge in [0.1, 0.15) is 6.04 Å². The minimum absolute atomic E-state index is 0.00424. The molecular weight excluding hydrogens is 270 g/mol. The zero-order chi connectivity index (χ0) is 15.8. The van der Waals surface area contributed by atoms with Gasteiger partial charge in [0.2, 0.25) is 11.8 Å². The first-order valence-electron chi connectivity index (χ1n) is 6.75. The summed E-state index contributed by atoms with van der Waals surface area (Å²) in [5.74, 6) is -0.437. The fourth-order valence-electron chi connectivity index (χ4n) is 1.77. The molecule has 0 aromatic heterocycles. The standard InChI is InChI=1S/C15H23N3O3/c1-17(2)13(19)11-18(9-10-21-3)15(20)14(16)12-7-5-4-6-8-12/h4-8,14H,9-11,16H2,1-3H3/t14-/m0/s1. The van der Waals surface area contributed by atoms with Crippen LogP contribution in [0.2, 0.25) is 0 Å². The van der Waals surface area contributed by atoms with E-state index in [4.69, 9.17) is 10.5 Å². The van der Waals surface area contributed by atoms with E-state index in [1.54, 1.807) is 33.3 Å². The van der Waals surface area contributed by atoms with Crippen LogP contribution in [0.3, 0.4) is 0 Å². The number of amides is 2. The molecular formula is C15H23N3O3. The number of methoxy groups -OCH3 is 1. The summed E-state index contributed by atoms with van der Waals surface area (Å²) in [5, 5.41) is 0. The topological polar surface area (TPSA) is 75.9 Å². The summed E-state index contributed by atoms with van der Waals surface area (Å²) in [6.07, 6.45) is 0. The second-order valence-electron chi connectivity index (χ2n) is 4.93. The van der Waals surface area contributed by atoms with Crippen LogP contribution in [0.4, 0.5) is 0 Å². The number of carbonyl (C=O) groups is 2. The van der Waals surface area contributed by atoms with Crippen LogP contribution >= 0.6 is 0 Å². The number of rotatable bonds is 7. The molecule has 0 aliphatic heterocycles. The SMILES string of the molecule is COCCN(CC(=O)N(C)C)C(=O)[C@@H](N)c1ccccc1. The minimum atomic E-state index is -0.780. The van der Waals surface area contributed by atoms with Gasteiger partial charge in [-0.15, -0.1) is 0 Å². The molecule has 0 aliphatic carbocycles. The largest absolute Gasteiger partial charge is 0.383 e. The first-order chi connectivity index (χ1) is 9.97. The molecule has 1 aromatic carbocycles. The van der Waals surface area contributed by atoms with Crippen molar-refractivity contribution in [2.75, 3.05) is 40.9 Å². The van der Waals surface area contributed by atoms with Gasteiger partial charge in [-0.05, 0) is 5.56 Å². The lowest BCUT2D eigenvalue weighted by Gasteiger charge is -2.26. The molecule has 0 unspecified atom stereocenters. The van der Waals surface area contributed by atoms with Gasteiger partial charge in [0.15, 0.2) is 0 Å². The van der Waals surface area contributed by atoms with Gasteiger partial charge >= 0.3 is 0 Å². The van der Waals surface area contributed by atoms with Crippen molar-refractivity contribution in [2.45, 2.75) is 6.04 Å². The Bertz CT molecular complexity index is 462. The van der Waals surface area contributed by atoms with Gasteiger partial charge in [0.25, 0.3) is 0 Å². The van der Waals surface area contributed by atoms with Gasteiger partial charge < -0.3 is 20.3 Å². The van der Waals surface area contributed by atoms with Crippen LogP contribution in [0.1, 0.15) is 11.6 Å². The predicted molar refractivity (Wildman–Crippen MR) is 80.5 cm³/mol. The second-order valence-corrected chi connectivity index (χ2v) is 4.93. The van der Waals surface area contributed by atoms with Gasteiger partial charge in [-0.25, -0.2) is 0 Å². The van der Waals surface area contributed by atoms with Gasteiger partial charge in [0, 0.05) is 27.7 Å². The smallest absolute Gasteiger partial charge is 0.244 e. The number of benzene rings is 1. The van der Waals surface area contributed by atoms with Crippen LogP contribution in [0.25, 0.3) is 0 Å². The Morgan fingerprint density at radius 2 is 1.86 bits per heavy atom.